The van der Waals surface area contributed by atoms with E-state index in [-0.39, 0.29) is 0 Å². The molecule has 0 bridgehead atoms. The van der Waals surface area contributed by atoms with Gasteiger partial charge in [-0.3, -0.25) is 4.98 Å². The quantitative estimate of drug-likeness (QED) is 0.782. The molecule has 0 atom stereocenters. The molecule has 0 aliphatic heterocycles. The summed E-state index contributed by atoms with van der Waals surface area (Å²) >= 11 is 0. The molecule has 1 heterocycles. The number of nitrogen functional groups attached to an aromatic ring is 1. The van der Waals surface area contributed by atoms with Crippen LogP contribution in [0.25, 0.3) is 0 Å². The van der Waals surface area contributed by atoms with Gasteiger partial charge in [-0.2, -0.15) is 0 Å². The maximum atomic E-state index is 5.81. The highest BCUT2D eigenvalue weighted by Crippen LogP contribution is 2.26. The lowest BCUT2D eigenvalue weighted by atomic mass is 10.1. The zero-order chi connectivity index (χ0) is 14.5. The fraction of sp³-hybridized carbons (Fsp3) is 0.0556. The summed E-state index contributed by atoms with van der Waals surface area (Å²) in [5.74, 6) is 1.39. The van der Waals surface area contributed by atoms with Crippen LogP contribution in [0.5, 0.6) is 11.5 Å². The summed E-state index contributed by atoms with van der Waals surface area (Å²) in [5.41, 5.74) is 8.89. The predicted octanol–water partition coefficient (Wildman–Crippen LogP) is 4.05. The molecule has 0 saturated carbocycles. The van der Waals surface area contributed by atoms with Gasteiger partial charge in [0.2, 0.25) is 0 Å². The molecule has 0 aliphatic rings. The molecule has 3 heteroatoms. The van der Waals surface area contributed by atoms with Crippen LogP contribution in [0.15, 0.2) is 73.1 Å². The normalized spacial score (nSPS) is 10.3. The minimum atomic E-state index is 0.533. The number of benzene rings is 2. The van der Waals surface area contributed by atoms with E-state index in [1.165, 1.54) is 11.1 Å². The Kier molecular flexibility index (Phi) is 3.83. The van der Waals surface area contributed by atoms with Crippen LogP contribution in [0.3, 0.4) is 0 Å². The van der Waals surface area contributed by atoms with Crippen LogP contribution in [0.1, 0.15) is 11.1 Å². The van der Waals surface area contributed by atoms with Crippen LogP contribution in [0, 0.1) is 0 Å². The summed E-state index contributed by atoms with van der Waals surface area (Å²) in [4.78, 5) is 3.94. The van der Waals surface area contributed by atoms with Crippen LogP contribution < -0.4 is 10.5 Å². The van der Waals surface area contributed by atoms with Crippen molar-refractivity contribution in [2.75, 3.05) is 5.73 Å². The van der Waals surface area contributed by atoms with Crippen molar-refractivity contribution in [2.24, 2.45) is 0 Å². The second-order valence-corrected chi connectivity index (χ2v) is 4.82. The Labute approximate surface area is 124 Å². The van der Waals surface area contributed by atoms with Gasteiger partial charge in [0, 0.05) is 12.3 Å². The highest BCUT2D eigenvalue weighted by Gasteiger charge is 2.02. The lowest BCUT2D eigenvalue weighted by Crippen LogP contribution is -1.93. The Hall–Kier alpha value is -2.81. The van der Waals surface area contributed by atoms with E-state index in [9.17, 15) is 0 Å². The van der Waals surface area contributed by atoms with Crippen LogP contribution in [0.2, 0.25) is 0 Å². The predicted molar refractivity (Wildman–Crippen MR) is 84.4 cm³/mol. The van der Waals surface area contributed by atoms with Gasteiger partial charge in [0.1, 0.15) is 5.75 Å². The minimum absolute atomic E-state index is 0.533. The van der Waals surface area contributed by atoms with Crippen LogP contribution >= 0.6 is 0 Å². The van der Waals surface area contributed by atoms with Gasteiger partial charge in [-0.15, -0.1) is 0 Å². The van der Waals surface area contributed by atoms with Gasteiger partial charge in [-0.25, -0.2) is 0 Å². The first kappa shape index (κ1) is 13.2. The molecule has 0 aliphatic carbocycles. The Balaban J connectivity index is 1.71. The molecule has 0 radical (unpaired) electrons. The number of nitrogens with two attached hydrogens (primary N) is 1. The summed E-state index contributed by atoms with van der Waals surface area (Å²) in [7, 11) is 0. The number of aromatic nitrogens is 1. The smallest absolute Gasteiger partial charge is 0.153 e. The molecule has 3 aromatic rings. The summed E-state index contributed by atoms with van der Waals surface area (Å²) in [6.07, 6.45) is 4.16. The van der Waals surface area contributed by atoms with Crippen molar-refractivity contribution < 1.29 is 4.74 Å². The molecule has 0 saturated heterocycles. The Morgan fingerprint density at radius 3 is 2.29 bits per heavy atom. The second-order valence-electron chi connectivity index (χ2n) is 4.82. The standard InChI is InChI=1S/C18H16N2O/c19-17-13-20-11-10-18(17)21-16-8-6-15(7-9-16)12-14-4-2-1-3-5-14/h1-11,13H,12,19H2. The number of hydrogen-bond donors (Lipinski definition) is 1. The number of nitrogens with zero attached hydrogens (tertiary/aromatic N) is 1. The van der Waals surface area contributed by atoms with Crippen LogP contribution in [-0.2, 0) is 6.42 Å². The molecule has 2 N–H and O–H groups in total. The number of anilines is 1. The molecule has 0 spiro atoms. The van der Waals surface area contributed by atoms with E-state index in [4.69, 9.17) is 10.5 Å². The largest absolute Gasteiger partial charge is 0.455 e. The first-order valence-electron chi connectivity index (χ1n) is 6.81. The van der Waals surface area contributed by atoms with Gasteiger partial charge in [0.25, 0.3) is 0 Å². The van der Waals surface area contributed by atoms with Crippen molar-refractivity contribution in [3.05, 3.63) is 84.2 Å². The third kappa shape index (κ3) is 3.39. The van der Waals surface area contributed by atoms with Gasteiger partial charge >= 0.3 is 0 Å². The Morgan fingerprint density at radius 2 is 1.57 bits per heavy atom. The van der Waals surface area contributed by atoms with Gasteiger partial charge in [-0.1, -0.05) is 42.5 Å². The monoisotopic (exact) mass is 276 g/mol. The van der Waals surface area contributed by atoms with E-state index < -0.39 is 0 Å². The first-order valence-corrected chi connectivity index (χ1v) is 6.81. The van der Waals surface area contributed by atoms with Gasteiger partial charge in [-0.05, 0) is 29.7 Å². The van der Waals surface area contributed by atoms with Crippen molar-refractivity contribution in [3.8, 4) is 11.5 Å². The highest BCUT2D eigenvalue weighted by atomic mass is 16.5. The molecule has 2 aromatic carbocycles. The van der Waals surface area contributed by atoms with Crippen molar-refractivity contribution in [1.29, 1.82) is 0 Å². The maximum Gasteiger partial charge on any atom is 0.153 e. The Morgan fingerprint density at radius 1 is 0.857 bits per heavy atom. The fourth-order valence-electron chi connectivity index (χ4n) is 2.12. The molecule has 21 heavy (non-hydrogen) atoms. The summed E-state index contributed by atoms with van der Waals surface area (Å²) in [5, 5.41) is 0. The van der Waals surface area contributed by atoms with Gasteiger partial charge in [0.15, 0.2) is 5.75 Å². The number of rotatable bonds is 4. The molecule has 3 rings (SSSR count). The summed E-state index contributed by atoms with van der Waals surface area (Å²) in [6, 6.07) is 20.2. The average molecular weight is 276 g/mol. The van der Waals surface area contributed by atoms with E-state index >= 15 is 0 Å². The lowest BCUT2D eigenvalue weighted by Gasteiger charge is -2.08. The zero-order valence-corrected chi connectivity index (χ0v) is 11.6. The van der Waals surface area contributed by atoms with Crippen LogP contribution in [0.4, 0.5) is 5.69 Å². The van der Waals surface area contributed by atoms with Gasteiger partial charge in [0.05, 0.1) is 11.9 Å². The molecular weight excluding hydrogens is 260 g/mol. The molecular formula is C18H16N2O. The molecule has 0 amide bonds. The summed E-state index contributed by atoms with van der Waals surface area (Å²) < 4.78 is 5.75. The van der Waals surface area contributed by atoms with E-state index in [0.29, 0.717) is 11.4 Å². The Bertz CT molecular complexity index is 709. The average Bonchev–Trinajstić information content (AvgIpc) is 2.52. The first-order chi connectivity index (χ1) is 10.3. The van der Waals surface area contributed by atoms with Gasteiger partial charge < -0.3 is 10.5 Å². The van der Waals surface area contributed by atoms with E-state index in [1.54, 1.807) is 18.5 Å². The third-order valence-corrected chi connectivity index (χ3v) is 3.21. The number of ether oxygens (including phenoxy) is 1. The molecule has 1 aromatic heterocycles. The highest BCUT2D eigenvalue weighted by molar-refractivity contribution is 5.51. The maximum absolute atomic E-state index is 5.81. The fourth-order valence-corrected chi connectivity index (χ4v) is 2.12. The van der Waals surface area contributed by atoms with Crippen molar-refractivity contribution >= 4 is 5.69 Å². The van der Waals surface area contributed by atoms with Crippen molar-refractivity contribution in [2.45, 2.75) is 6.42 Å². The van der Waals surface area contributed by atoms with E-state index in [0.717, 1.165) is 12.2 Å². The molecule has 104 valence electrons. The molecule has 3 nitrogen and oxygen atoms in total. The minimum Gasteiger partial charge on any atom is -0.455 e. The molecule has 0 unspecified atom stereocenters. The summed E-state index contributed by atoms with van der Waals surface area (Å²) in [6.45, 7) is 0. The van der Waals surface area contributed by atoms with E-state index in [1.807, 2.05) is 18.2 Å². The SMILES string of the molecule is Nc1cnccc1Oc1ccc(Cc2ccccc2)cc1. The second kappa shape index (κ2) is 6.09. The molecule has 0 fully saturated rings. The van der Waals surface area contributed by atoms with Crippen molar-refractivity contribution in [3.63, 3.8) is 0 Å². The van der Waals surface area contributed by atoms with Crippen LogP contribution in [-0.4, -0.2) is 4.98 Å². The number of hydrogen-bond acceptors (Lipinski definition) is 3. The zero-order valence-electron chi connectivity index (χ0n) is 11.6. The van der Waals surface area contributed by atoms with E-state index in [2.05, 4.69) is 41.4 Å². The lowest BCUT2D eigenvalue weighted by molar-refractivity contribution is 0.484. The third-order valence-electron chi connectivity index (χ3n) is 3.21. The topological polar surface area (TPSA) is 48.1 Å². The van der Waals surface area contributed by atoms with Crippen molar-refractivity contribution in [1.82, 2.24) is 4.98 Å². The number of pyridine rings is 1.